The van der Waals surface area contributed by atoms with Gasteiger partial charge >= 0.3 is 5.97 Å². The third-order valence-corrected chi connectivity index (χ3v) is 3.59. The second kappa shape index (κ2) is 5.15. The van der Waals surface area contributed by atoms with Crippen LogP contribution in [0.2, 0.25) is 0 Å². The quantitative estimate of drug-likeness (QED) is 0.786. The van der Waals surface area contributed by atoms with E-state index in [4.69, 9.17) is 5.11 Å². The van der Waals surface area contributed by atoms with E-state index in [1.54, 1.807) is 12.1 Å². The molecule has 0 bridgehead atoms. The molecule has 23 heavy (non-hydrogen) atoms. The minimum atomic E-state index is -1.10. The molecule has 1 aromatic carbocycles. The minimum absolute atomic E-state index is 0.0562. The molecule has 5 nitrogen and oxygen atoms in total. The maximum atomic E-state index is 13.1. The van der Waals surface area contributed by atoms with Crippen molar-refractivity contribution in [3.8, 4) is 11.3 Å². The van der Waals surface area contributed by atoms with Gasteiger partial charge in [0.25, 0.3) is 0 Å². The molecule has 0 saturated carbocycles. The maximum absolute atomic E-state index is 13.1. The van der Waals surface area contributed by atoms with E-state index in [1.165, 1.54) is 22.8 Å². The fourth-order valence-electron chi connectivity index (χ4n) is 2.39. The van der Waals surface area contributed by atoms with Gasteiger partial charge in [-0.3, -0.25) is 0 Å². The van der Waals surface area contributed by atoms with Crippen molar-refractivity contribution >= 4 is 11.6 Å². The highest BCUT2D eigenvalue weighted by Gasteiger charge is 2.22. The number of nitrogens with zero attached hydrogens (tertiary/aromatic N) is 3. The number of aromatic carboxylic acids is 1. The Kier molecular flexibility index (Phi) is 3.39. The highest BCUT2D eigenvalue weighted by Crippen LogP contribution is 2.29. The number of aromatic nitrogens is 3. The van der Waals surface area contributed by atoms with Crippen molar-refractivity contribution in [2.75, 3.05) is 0 Å². The summed E-state index contributed by atoms with van der Waals surface area (Å²) in [5.41, 5.74) is 2.47. The maximum Gasteiger partial charge on any atom is 0.356 e. The smallest absolute Gasteiger partial charge is 0.356 e. The SMILES string of the molecule is CC(C)(C)c1cc(-c2ccc(F)cc2)nn2cc(C(=O)O)nc12. The summed E-state index contributed by atoms with van der Waals surface area (Å²) in [6.07, 6.45) is 1.39. The van der Waals surface area contributed by atoms with Crippen LogP contribution in [0, 0.1) is 5.82 Å². The van der Waals surface area contributed by atoms with Gasteiger partial charge in [-0.15, -0.1) is 0 Å². The number of carboxylic acids is 1. The van der Waals surface area contributed by atoms with E-state index in [1.807, 2.05) is 26.8 Å². The Morgan fingerprint density at radius 2 is 1.87 bits per heavy atom. The van der Waals surface area contributed by atoms with Crippen LogP contribution < -0.4 is 0 Å². The van der Waals surface area contributed by atoms with E-state index >= 15 is 0 Å². The summed E-state index contributed by atoms with van der Waals surface area (Å²) in [5, 5.41) is 13.6. The molecular formula is C17H16FN3O2. The number of imidazole rings is 1. The monoisotopic (exact) mass is 313 g/mol. The number of carboxylic acid groups (broad SMARTS) is 1. The Balaban J connectivity index is 2.28. The van der Waals surface area contributed by atoms with E-state index in [0.717, 1.165) is 11.1 Å². The number of rotatable bonds is 2. The van der Waals surface area contributed by atoms with Crippen molar-refractivity contribution in [1.82, 2.24) is 14.6 Å². The lowest BCUT2D eigenvalue weighted by Gasteiger charge is -2.20. The molecule has 6 heteroatoms. The molecule has 0 unspecified atom stereocenters. The predicted molar refractivity (Wildman–Crippen MR) is 84.0 cm³/mol. The van der Waals surface area contributed by atoms with E-state index in [0.29, 0.717) is 11.3 Å². The van der Waals surface area contributed by atoms with Gasteiger partial charge in [0.05, 0.1) is 11.9 Å². The van der Waals surface area contributed by atoms with Gasteiger partial charge in [-0.05, 0) is 35.7 Å². The van der Waals surface area contributed by atoms with E-state index in [9.17, 15) is 9.18 Å². The molecule has 118 valence electrons. The van der Waals surface area contributed by atoms with E-state index < -0.39 is 5.97 Å². The number of halogens is 1. The molecule has 2 aromatic heterocycles. The van der Waals surface area contributed by atoms with Crippen molar-refractivity contribution in [3.63, 3.8) is 0 Å². The number of fused-ring (bicyclic) bond motifs is 1. The Morgan fingerprint density at radius 3 is 2.43 bits per heavy atom. The molecule has 3 aromatic rings. The van der Waals surface area contributed by atoms with Crippen LogP contribution in [0.5, 0.6) is 0 Å². The van der Waals surface area contributed by atoms with Crippen molar-refractivity contribution in [3.05, 3.63) is 53.6 Å². The van der Waals surface area contributed by atoms with Crippen molar-refractivity contribution in [2.45, 2.75) is 26.2 Å². The number of benzene rings is 1. The lowest BCUT2D eigenvalue weighted by molar-refractivity contribution is 0.0691. The Bertz CT molecular complexity index is 893. The zero-order valence-electron chi connectivity index (χ0n) is 13.0. The number of carbonyl (C=O) groups is 1. The molecule has 0 aliphatic rings. The first kappa shape index (κ1) is 15.1. The summed E-state index contributed by atoms with van der Waals surface area (Å²) < 4.78 is 14.6. The first-order chi connectivity index (χ1) is 10.8. The predicted octanol–water partition coefficient (Wildman–Crippen LogP) is 3.53. The van der Waals surface area contributed by atoms with Crippen LogP contribution in [0.3, 0.4) is 0 Å². The fourth-order valence-corrected chi connectivity index (χ4v) is 2.39. The van der Waals surface area contributed by atoms with Crippen molar-refractivity contribution < 1.29 is 14.3 Å². The largest absolute Gasteiger partial charge is 0.476 e. The third-order valence-electron chi connectivity index (χ3n) is 3.59. The lowest BCUT2D eigenvalue weighted by atomic mass is 9.87. The van der Waals surface area contributed by atoms with E-state index in [2.05, 4.69) is 10.1 Å². The van der Waals surface area contributed by atoms with E-state index in [-0.39, 0.29) is 16.9 Å². The molecule has 2 heterocycles. The van der Waals surface area contributed by atoms with Crippen molar-refractivity contribution in [2.24, 2.45) is 0 Å². The zero-order valence-corrected chi connectivity index (χ0v) is 13.0. The summed E-state index contributed by atoms with van der Waals surface area (Å²) in [7, 11) is 0. The molecule has 1 N–H and O–H groups in total. The highest BCUT2D eigenvalue weighted by molar-refractivity contribution is 5.86. The third kappa shape index (κ3) is 2.79. The van der Waals surface area contributed by atoms with Gasteiger partial charge in [0, 0.05) is 11.1 Å². The minimum Gasteiger partial charge on any atom is -0.476 e. The molecule has 0 atom stereocenters. The van der Waals surface area contributed by atoms with Gasteiger partial charge < -0.3 is 5.11 Å². The van der Waals surface area contributed by atoms with Gasteiger partial charge in [-0.1, -0.05) is 20.8 Å². The molecule has 0 aliphatic carbocycles. The normalized spacial score (nSPS) is 11.8. The lowest BCUT2D eigenvalue weighted by Crippen LogP contribution is -2.14. The van der Waals surface area contributed by atoms with Crippen LogP contribution in [0.15, 0.2) is 36.5 Å². The average molecular weight is 313 g/mol. The standard InChI is InChI=1S/C17H16FN3O2/c1-17(2,3)12-8-13(10-4-6-11(18)7-5-10)20-21-9-14(16(22)23)19-15(12)21/h4-9H,1-3H3,(H,22,23). The summed E-state index contributed by atoms with van der Waals surface area (Å²) in [6, 6.07) is 7.90. The summed E-state index contributed by atoms with van der Waals surface area (Å²) in [6.45, 7) is 6.06. The van der Waals surface area contributed by atoms with Crippen LogP contribution in [-0.4, -0.2) is 25.7 Å². The molecule has 3 rings (SSSR count). The topological polar surface area (TPSA) is 67.5 Å². The van der Waals surface area contributed by atoms with Crippen LogP contribution >= 0.6 is 0 Å². The highest BCUT2D eigenvalue weighted by atomic mass is 19.1. The first-order valence-corrected chi connectivity index (χ1v) is 7.16. The Morgan fingerprint density at radius 1 is 1.22 bits per heavy atom. The van der Waals surface area contributed by atoms with Gasteiger partial charge in [0.15, 0.2) is 11.3 Å². The van der Waals surface area contributed by atoms with Crippen LogP contribution in [-0.2, 0) is 5.41 Å². The number of hydrogen-bond donors (Lipinski definition) is 1. The van der Waals surface area contributed by atoms with Gasteiger partial charge in [0.1, 0.15) is 5.82 Å². The Hall–Kier alpha value is -2.76. The first-order valence-electron chi connectivity index (χ1n) is 7.16. The zero-order chi connectivity index (χ0) is 16.8. The molecular weight excluding hydrogens is 297 g/mol. The summed E-state index contributed by atoms with van der Waals surface area (Å²) in [4.78, 5) is 15.3. The molecule has 0 saturated heterocycles. The molecule has 0 fully saturated rings. The van der Waals surface area contributed by atoms with Crippen molar-refractivity contribution in [1.29, 1.82) is 0 Å². The molecule has 0 aliphatic heterocycles. The van der Waals surface area contributed by atoms with Crippen LogP contribution in [0.1, 0.15) is 36.8 Å². The van der Waals surface area contributed by atoms with Gasteiger partial charge in [0.2, 0.25) is 0 Å². The molecule has 0 spiro atoms. The second-order valence-electron chi connectivity index (χ2n) is 6.40. The fraction of sp³-hybridized carbons (Fsp3) is 0.235. The average Bonchev–Trinajstić information content (AvgIpc) is 2.90. The summed E-state index contributed by atoms with van der Waals surface area (Å²) >= 11 is 0. The summed E-state index contributed by atoms with van der Waals surface area (Å²) in [5.74, 6) is -1.42. The molecule has 0 amide bonds. The molecule has 0 radical (unpaired) electrons. The van der Waals surface area contributed by atoms with Crippen LogP contribution in [0.4, 0.5) is 4.39 Å². The second-order valence-corrected chi connectivity index (χ2v) is 6.40. The van der Waals surface area contributed by atoms with Gasteiger partial charge in [-0.2, -0.15) is 5.10 Å². The number of hydrogen-bond acceptors (Lipinski definition) is 3. The van der Waals surface area contributed by atoms with Crippen LogP contribution in [0.25, 0.3) is 16.9 Å². The van der Waals surface area contributed by atoms with Gasteiger partial charge in [-0.25, -0.2) is 18.7 Å². The Labute approximate surface area is 132 Å².